The van der Waals surface area contributed by atoms with Gasteiger partial charge in [0.1, 0.15) is 23.7 Å². The molecule has 0 spiro atoms. The van der Waals surface area contributed by atoms with E-state index in [0.29, 0.717) is 66.0 Å². The Hall–Kier alpha value is -5.06. The summed E-state index contributed by atoms with van der Waals surface area (Å²) in [5, 5.41) is 14.3. The highest BCUT2D eigenvalue weighted by molar-refractivity contribution is 6.31. The number of amides is 1. The van der Waals surface area contributed by atoms with Gasteiger partial charge in [0.25, 0.3) is 5.56 Å². The maximum Gasteiger partial charge on any atom is 0.414 e. The third-order valence-corrected chi connectivity index (χ3v) is 7.21. The number of carbonyl (C=O) groups excluding carboxylic acids is 1. The van der Waals surface area contributed by atoms with Crippen LogP contribution in [-0.2, 0) is 15.9 Å². The summed E-state index contributed by atoms with van der Waals surface area (Å²) in [6, 6.07) is 8.93. The normalized spacial score (nSPS) is 14.0. The van der Waals surface area contributed by atoms with E-state index in [1.807, 2.05) is 0 Å². The number of ether oxygens (including phenoxy) is 3. The summed E-state index contributed by atoms with van der Waals surface area (Å²) in [5.74, 6) is 0.0505. The molecule has 5 aromatic rings. The molecule has 4 aromatic heterocycles. The van der Waals surface area contributed by atoms with E-state index < -0.39 is 18.1 Å². The first-order valence-electron chi connectivity index (χ1n) is 13.8. The molecule has 15 nitrogen and oxygen atoms in total. The molecule has 0 fully saturated rings. The fourth-order valence-electron chi connectivity index (χ4n) is 4.93. The van der Waals surface area contributed by atoms with E-state index in [2.05, 4.69) is 35.8 Å². The average Bonchev–Trinajstić information content (AvgIpc) is 3.80. The number of benzene rings is 1. The van der Waals surface area contributed by atoms with Crippen LogP contribution >= 0.6 is 11.6 Å². The first kappa shape index (κ1) is 30.0. The number of tetrazole rings is 1. The minimum Gasteiger partial charge on any atom is -0.391 e. The number of hydrogen-bond acceptors (Lipinski definition) is 11. The Morgan fingerprint density at radius 1 is 1.18 bits per heavy atom. The summed E-state index contributed by atoms with van der Waals surface area (Å²) >= 11 is 6.27. The number of fused-ring (bicyclic) bond motifs is 1. The molecule has 0 aliphatic carbocycles. The van der Waals surface area contributed by atoms with Crippen LogP contribution in [0.5, 0.6) is 5.88 Å². The molecule has 0 unspecified atom stereocenters. The molecule has 0 saturated heterocycles. The van der Waals surface area contributed by atoms with Gasteiger partial charge in [0, 0.05) is 54.6 Å². The summed E-state index contributed by atoms with van der Waals surface area (Å²) in [4.78, 5) is 41.3. The standard InChI is InChI=1S/C28H26ClFN10O5/c1-43-10-11-44-9-8-31-28(42)45-23-7-2-16(14-32-23)25-26(30)36-27(35-25)21-5-6-22-34-19(13-24(41)40(21)22)18-12-17(29)3-4-20(18)39-15-33-37-38-39/h2-4,7,12-15,21H,5-6,8-11H2,1H3,(H,31,42)(H,35,36)/t21-/m0/s1. The summed E-state index contributed by atoms with van der Waals surface area (Å²) < 4.78 is 33.3. The Bertz CT molecular complexity index is 1860. The summed E-state index contributed by atoms with van der Waals surface area (Å²) in [6.07, 6.45) is 3.02. The summed E-state index contributed by atoms with van der Waals surface area (Å²) in [7, 11) is 1.57. The molecule has 0 radical (unpaired) electrons. The van der Waals surface area contributed by atoms with Crippen LogP contribution in [0.15, 0.2) is 53.7 Å². The fraction of sp³-hybridized carbons (Fsp3) is 0.286. The van der Waals surface area contributed by atoms with E-state index >= 15 is 4.39 Å². The van der Waals surface area contributed by atoms with Gasteiger partial charge in [-0.25, -0.2) is 19.7 Å². The number of imidazole rings is 1. The fourth-order valence-corrected chi connectivity index (χ4v) is 5.11. The van der Waals surface area contributed by atoms with Crippen LogP contribution in [0.25, 0.3) is 28.2 Å². The first-order valence-corrected chi connectivity index (χ1v) is 14.2. The largest absolute Gasteiger partial charge is 0.414 e. The molecule has 1 atom stereocenters. The molecule has 45 heavy (non-hydrogen) atoms. The molecule has 1 aliphatic heterocycles. The van der Waals surface area contributed by atoms with Gasteiger partial charge in [-0.1, -0.05) is 11.6 Å². The van der Waals surface area contributed by atoms with Crippen molar-refractivity contribution in [2.24, 2.45) is 0 Å². The smallest absolute Gasteiger partial charge is 0.391 e. The van der Waals surface area contributed by atoms with Gasteiger partial charge in [-0.2, -0.15) is 9.07 Å². The van der Waals surface area contributed by atoms with E-state index in [1.54, 1.807) is 31.4 Å². The van der Waals surface area contributed by atoms with Crippen LogP contribution in [0.4, 0.5) is 9.18 Å². The summed E-state index contributed by atoms with van der Waals surface area (Å²) in [6.45, 7) is 1.42. The lowest BCUT2D eigenvalue weighted by molar-refractivity contribution is 0.0719. The number of aromatic nitrogens is 9. The highest BCUT2D eigenvalue weighted by Gasteiger charge is 2.30. The van der Waals surface area contributed by atoms with Crippen molar-refractivity contribution in [3.05, 3.63) is 81.9 Å². The Morgan fingerprint density at radius 3 is 2.84 bits per heavy atom. The van der Waals surface area contributed by atoms with Crippen LogP contribution in [0.3, 0.4) is 0 Å². The number of aryl methyl sites for hydroxylation is 1. The Balaban J connectivity index is 1.17. The molecule has 0 saturated carbocycles. The van der Waals surface area contributed by atoms with E-state index in [0.717, 1.165) is 0 Å². The van der Waals surface area contributed by atoms with Gasteiger partial charge < -0.3 is 24.5 Å². The van der Waals surface area contributed by atoms with Crippen molar-refractivity contribution in [1.29, 1.82) is 0 Å². The van der Waals surface area contributed by atoms with E-state index in [9.17, 15) is 9.59 Å². The number of halogens is 2. The zero-order valence-electron chi connectivity index (χ0n) is 23.8. The predicted octanol–water partition coefficient (Wildman–Crippen LogP) is 2.75. The number of nitrogens with zero attached hydrogens (tertiary/aromatic N) is 8. The van der Waals surface area contributed by atoms with Gasteiger partial charge in [-0.3, -0.25) is 9.36 Å². The molecule has 17 heteroatoms. The number of hydrogen-bond donors (Lipinski definition) is 2. The Kier molecular flexibility index (Phi) is 8.86. The quantitative estimate of drug-likeness (QED) is 0.204. The van der Waals surface area contributed by atoms with Crippen molar-refractivity contribution < 1.29 is 23.4 Å². The predicted molar refractivity (Wildman–Crippen MR) is 157 cm³/mol. The maximum atomic E-state index is 15.1. The molecule has 6 rings (SSSR count). The third-order valence-electron chi connectivity index (χ3n) is 6.97. The number of methoxy groups -OCH3 is 1. The molecular weight excluding hydrogens is 611 g/mol. The minimum atomic E-state index is -0.761. The molecule has 2 N–H and O–H groups in total. The number of carbonyl (C=O) groups is 1. The number of pyridine rings is 1. The van der Waals surface area contributed by atoms with Crippen molar-refractivity contribution in [3.8, 4) is 34.1 Å². The topological polar surface area (TPSA) is 177 Å². The van der Waals surface area contributed by atoms with Crippen LogP contribution in [0.2, 0.25) is 5.02 Å². The lowest BCUT2D eigenvalue weighted by Crippen LogP contribution is -2.30. The van der Waals surface area contributed by atoms with Gasteiger partial charge in [-0.05, 0) is 41.1 Å². The number of nitrogens with one attached hydrogen (secondary N) is 2. The molecule has 232 valence electrons. The van der Waals surface area contributed by atoms with Gasteiger partial charge in [0.2, 0.25) is 11.8 Å². The van der Waals surface area contributed by atoms with Gasteiger partial charge >= 0.3 is 6.09 Å². The third kappa shape index (κ3) is 6.57. The number of H-pyrrole nitrogens is 1. The molecule has 5 heterocycles. The van der Waals surface area contributed by atoms with Crippen molar-refractivity contribution in [2.45, 2.75) is 18.9 Å². The van der Waals surface area contributed by atoms with E-state index in [1.165, 1.54) is 33.9 Å². The van der Waals surface area contributed by atoms with Gasteiger partial charge in [-0.15, -0.1) is 5.10 Å². The minimum absolute atomic E-state index is 0.0257. The maximum absolute atomic E-state index is 15.1. The Labute approximate surface area is 259 Å². The second-order valence-corrected chi connectivity index (χ2v) is 10.3. The van der Waals surface area contributed by atoms with Crippen molar-refractivity contribution >= 4 is 17.7 Å². The zero-order chi connectivity index (χ0) is 31.3. The summed E-state index contributed by atoms with van der Waals surface area (Å²) in [5.41, 5.74) is 1.71. The SMILES string of the molecule is COCCOCCNC(=O)Oc1ccc(-c2[nH]c([C@@H]3CCc4nc(-c5cc(Cl)ccc5-n5cnnn5)cc(=O)n43)nc2F)cn1. The highest BCUT2D eigenvalue weighted by atomic mass is 35.5. The van der Waals surface area contributed by atoms with Crippen molar-refractivity contribution in [2.75, 3.05) is 33.5 Å². The first-order chi connectivity index (χ1) is 21.9. The number of aromatic amines is 1. The lowest BCUT2D eigenvalue weighted by Gasteiger charge is -2.14. The van der Waals surface area contributed by atoms with Crippen molar-refractivity contribution in [3.63, 3.8) is 0 Å². The van der Waals surface area contributed by atoms with Crippen LogP contribution in [0.1, 0.15) is 24.1 Å². The van der Waals surface area contributed by atoms with E-state index in [4.69, 9.17) is 30.8 Å². The Morgan fingerprint density at radius 2 is 2.07 bits per heavy atom. The van der Waals surface area contributed by atoms with Crippen molar-refractivity contribution in [1.82, 2.24) is 50.0 Å². The van der Waals surface area contributed by atoms with Crippen LogP contribution in [-0.4, -0.2) is 84.3 Å². The molecule has 1 aromatic carbocycles. The lowest BCUT2D eigenvalue weighted by atomic mass is 10.1. The van der Waals surface area contributed by atoms with E-state index in [-0.39, 0.29) is 29.5 Å². The van der Waals surface area contributed by atoms with Gasteiger partial charge in [0.05, 0.1) is 37.2 Å². The molecular formula is C28H26ClFN10O5. The molecule has 1 amide bonds. The van der Waals surface area contributed by atoms with Gasteiger partial charge in [0.15, 0.2) is 0 Å². The second-order valence-electron chi connectivity index (χ2n) is 9.83. The van der Waals surface area contributed by atoms with Crippen LogP contribution in [0, 0.1) is 5.95 Å². The molecule has 1 aliphatic rings. The second kappa shape index (κ2) is 13.3. The van der Waals surface area contributed by atoms with Crippen LogP contribution < -0.4 is 15.6 Å². The highest BCUT2D eigenvalue weighted by Crippen LogP contribution is 2.33. The number of rotatable bonds is 11. The monoisotopic (exact) mass is 636 g/mol. The molecule has 0 bridgehead atoms. The zero-order valence-corrected chi connectivity index (χ0v) is 24.6. The average molecular weight is 637 g/mol.